The molecule has 1 saturated heterocycles. The number of nitrogens with zero attached hydrogens (tertiary/aromatic N) is 1. The third kappa shape index (κ3) is 4.59. The molecule has 1 aromatic carbocycles. The zero-order valence-corrected chi connectivity index (χ0v) is 13.5. The van der Waals surface area contributed by atoms with Crippen LogP contribution in [0.1, 0.15) is 12.5 Å². The van der Waals surface area contributed by atoms with E-state index in [1.165, 1.54) is 4.90 Å². The van der Waals surface area contributed by atoms with Crippen LogP contribution in [0.25, 0.3) is 0 Å². The van der Waals surface area contributed by atoms with Crippen LogP contribution >= 0.6 is 11.6 Å². The number of ether oxygens (including phenoxy) is 1. The number of hydrazine groups is 1. The summed E-state index contributed by atoms with van der Waals surface area (Å²) < 4.78 is 5.72. The van der Waals surface area contributed by atoms with Gasteiger partial charge in [-0.1, -0.05) is 11.6 Å². The summed E-state index contributed by atoms with van der Waals surface area (Å²) in [6, 6.07) is 5.38. The molecule has 0 radical (unpaired) electrons. The highest BCUT2D eigenvalue weighted by Crippen LogP contribution is 2.22. The summed E-state index contributed by atoms with van der Waals surface area (Å²) in [4.78, 5) is 13.7. The molecule has 0 aromatic heterocycles. The van der Waals surface area contributed by atoms with Crippen molar-refractivity contribution in [1.82, 2.24) is 10.4 Å². The Hall–Kier alpha value is -1.30. The monoisotopic (exact) mass is 312 g/mol. The minimum Gasteiger partial charge on any atom is -0.481 e. The summed E-state index contributed by atoms with van der Waals surface area (Å²) in [6.07, 6.45) is -0.545. The summed E-state index contributed by atoms with van der Waals surface area (Å²) in [5, 5.41) is 2.63. The molecule has 0 aliphatic carbocycles. The predicted octanol–water partition coefficient (Wildman–Crippen LogP) is 0.277. The predicted molar refractivity (Wildman–Crippen MR) is 82.6 cm³/mol. The molecular formula is C15H23ClN3O2+. The van der Waals surface area contributed by atoms with Gasteiger partial charge in [0.1, 0.15) is 5.75 Å². The van der Waals surface area contributed by atoms with Crippen LogP contribution in [-0.2, 0) is 4.79 Å². The Balaban J connectivity index is 1.87. The molecule has 1 aromatic rings. The number of halogens is 1. The van der Waals surface area contributed by atoms with Crippen molar-refractivity contribution in [2.24, 2.45) is 0 Å². The highest BCUT2D eigenvalue weighted by Gasteiger charge is 2.22. The topological polar surface area (TPSA) is 46.0 Å². The maximum absolute atomic E-state index is 12.2. The number of carbonyl (C=O) groups is 1. The Morgan fingerprint density at radius 2 is 2.10 bits per heavy atom. The van der Waals surface area contributed by atoms with Gasteiger partial charge < -0.3 is 9.64 Å². The summed E-state index contributed by atoms with van der Waals surface area (Å²) in [7, 11) is 2.16. The zero-order chi connectivity index (χ0) is 15.4. The number of rotatable bonds is 4. The first-order valence-corrected chi connectivity index (χ1v) is 7.63. The van der Waals surface area contributed by atoms with E-state index in [9.17, 15) is 4.79 Å². The molecule has 1 aliphatic heterocycles. The molecule has 0 bridgehead atoms. The highest BCUT2D eigenvalue weighted by molar-refractivity contribution is 6.30. The summed E-state index contributed by atoms with van der Waals surface area (Å²) >= 11 is 5.91. The Morgan fingerprint density at radius 3 is 2.71 bits per heavy atom. The summed E-state index contributed by atoms with van der Waals surface area (Å²) in [6.45, 7) is 7.46. The zero-order valence-electron chi connectivity index (χ0n) is 12.8. The van der Waals surface area contributed by atoms with E-state index in [0.717, 1.165) is 31.7 Å². The molecule has 0 saturated carbocycles. The van der Waals surface area contributed by atoms with E-state index in [2.05, 4.69) is 12.5 Å². The van der Waals surface area contributed by atoms with Gasteiger partial charge >= 0.3 is 0 Å². The number of nitrogens with one attached hydrogen (secondary N) is 2. The van der Waals surface area contributed by atoms with Gasteiger partial charge in [0.05, 0.1) is 33.2 Å². The second-order valence-electron chi connectivity index (χ2n) is 5.59. The van der Waals surface area contributed by atoms with Gasteiger partial charge in [0.25, 0.3) is 5.91 Å². The number of piperazine rings is 1. The van der Waals surface area contributed by atoms with E-state index in [0.29, 0.717) is 10.8 Å². The molecule has 1 fully saturated rings. The van der Waals surface area contributed by atoms with Gasteiger partial charge in [0, 0.05) is 5.02 Å². The standard InChI is InChI=1S/C15H22ClN3O2/c1-11-10-13(16)4-5-14(11)21-12(2)15(20)17-19-8-6-18(3)7-9-19/h4-5,10,12H,6-9H2,1-3H3,(H,17,20)/p+1/t12-/m0/s1. The number of hydrogen-bond donors (Lipinski definition) is 2. The largest absolute Gasteiger partial charge is 0.481 e. The van der Waals surface area contributed by atoms with Crippen LogP contribution in [0.3, 0.4) is 0 Å². The molecule has 5 nitrogen and oxygen atoms in total. The first-order valence-electron chi connectivity index (χ1n) is 7.25. The van der Waals surface area contributed by atoms with E-state index in [4.69, 9.17) is 16.3 Å². The fraction of sp³-hybridized carbons (Fsp3) is 0.533. The first kappa shape index (κ1) is 16.1. The van der Waals surface area contributed by atoms with E-state index < -0.39 is 6.10 Å². The number of benzene rings is 1. The Labute approximate surface area is 130 Å². The number of carbonyl (C=O) groups excluding carboxylic acids is 1. The lowest BCUT2D eigenvalue weighted by molar-refractivity contribution is -0.884. The van der Waals surface area contributed by atoms with Gasteiger partial charge in [-0.15, -0.1) is 0 Å². The van der Waals surface area contributed by atoms with Crippen molar-refractivity contribution in [1.29, 1.82) is 0 Å². The van der Waals surface area contributed by atoms with Crippen LogP contribution in [0.5, 0.6) is 5.75 Å². The van der Waals surface area contributed by atoms with Crippen molar-refractivity contribution >= 4 is 17.5 Å². The Bertz CT molecular complexity index is 502. The molecule has 1 heterocycles. The quantitative estimate of drug-likeness (QED) is 0.839. The molecule has 1 amide bonds. The van der Waals surface area contributed by atoms with Crippen LogP contribution < -0.4 is 15.1 Å². The van der Waals surface area contributed by atoms with Crippen molar-refractivity contribution in [3.8, 4) is 5.75 Å². The normalized spacial score (nSPS) is 18.3. The van der Waals surface area contributed by atoms with Crippen LogP contribution in [-0.4, -0.2) is 50.2 Å². The van der Waals surface area contributed by atoms with E-state index in [-0.39, 0.29) is 5.91 Å². The fourth-order valence-electron chi connectivity index (χ4n) is 2.24. The van der Waals surface area contributed by atoms with Gasteiger partial charge in [-0.3, -0.25) is 10.2 Å². The number of hydrogen-bond acceptors (Lipinski definition) is 3. The smallest absolute Gasteiger partial charge is 0.275 e. The maximum Gasteiger partial charge on any atom is 0.275 e. The molecule has 6 heteroatoms. The van der Waals surface area contributed by atoms with Gasteiger partial charge in [-0.2, -0.15) is 0 Å². The fourth-order valence-corrected chi connectivity index (χ4v) is 2.46. The van der Waals surface area contributed by atoms with Crippen LogP contribution in [0.15, 0.2) is 18.2 Å². The summed E-state index contributed by atoms with van der Waals surface area (Å²) in [5.41, 5.74) is 3.84. The lowest BCUT2D eigenvalue weighted by Gasteiger charge is -2.30. The van der Waals surface area contributed by atoms with Crippen molar-refractivity contribution in [3.05, 3.63) is 28.8 Å². The SMILES string of the molecule is Cc1cc(Cl)ccc1O[C@@H](C)C(=O)NN1CC[NH+](C)CC1. The van der Waals surface area contributed by atoms with Gasteiger partial charge in [0.15, 0.2) is 6.10 Å². The molecule has 0 spiro atoms. The van der Waals surface area contributed by atoms with Crippen molar-refractivity contribution in [2.45, 2.75) is 20.0 Å². The van der Waals surface area contributed by atoms with Crippen LogP contribution in [0.4, 0.5) is 0 Å². The van der Waals surface area contributed by atoms with Crippen molar-refractivity contribution < 1.29 is 14.4 Å². The van der Waals surface area contributed by atoms with Crippen molar-refractivity contribution in [3.63, 3.8) is 0 Å². The lowest BCUT2D eigenvalue weighted by atomic mass is 10.2. The summed E-state index contributed by atoms with van der Waals surface area (Å²) in [5.74, 6) is 0.564. The minimum absolute atomic E-state index is 0.121. The molecular weight excluding hydrogens is 290 g/mol. The average Bonchev–Trinajstić information content (AvgIpc) is 2.44. The highest BCUT2D eigenvalue weighted by atomic mass is 35.5. The second kappa shape index (κ2) is 7.11. The molecule has 1 atom stereocenters. The third-order valence-corrected chi connectivity index (χ3v) is 3.93. The molecule has 2 rings (SSSR count). The first-order chi connectivity index (χ1) is 9.95. The van der Waals surface area contributed by atoms with Crippen LogP contribution in [0.2, 0.25) is 5.02 Å². The number of likely N-dealkylation sites (N-methyl/N-ethyl adjacent to an activating group) is 1. The van der Waals surface area contributed by atoms with E-state index in [1.54, 1.807) is 19.1 Å². The van der Waals surface area contributed by atoms with E-state index >= 15 is 0 Å². The number of quaternary nitrogens is 1. The minimum atomic E-state index is -0.545. The van der Waals surface area contributed by atoms with E-state index in [1.807, 2.05) is 18.0 Å². The Kier molecular flexibility index (Phi) is 5.45. The average molecular weight is 313 g/mol. The maximum atomic E-state index is 12.2. The number of aryl methyl sites for hydroxylation is 1. The molecule has 21 heavy (non-hydrogen) atoms. The molecule has 2 N–H and O–H groups in total. The van der Waals surface area contributed by atoms with Gasteiger partial charge in [-0.25, -0.2) is 5.01 Å². The van der Waals surface area contributed by atoms with Gasteiger partial charge in [-0.05, 0) is 37.6 Å². The molecule has 1 aliphatic rings. The Morgan fingerprint density at radius 1 is 1.43 bits per heavy atom. The second-order valence-corrected chi connectivity index (χ2v) is 6.03. The lowest BCUT2D eigenvalue weighted by Crippen LogP contribution is -3.12. The molecule has 0 unspecified atom stereocenters. The number of amides is 1. The third-order valence-electron chi connectivity index (χ3n) is 3.70. The van der Waals surface area contributed by atoms with Crippen LogP contribution in [0, 0.1) is 6.92 Å². The van der Waals surface area contributed by atoms with Gasteiger partial charge in [0.2, 0.25) is 0 Å². The van der Waals surface area contributed by atoms with Crippen molar-refractivity contribution in [2.75, 3.05) is 33.2 Å². The molecule has 116 valence electrons.